The number of carbonyl (C=O) groups excluding carboxylic acids is 2. The first-order valence-electron chi connectivity index (χ1n) is 7.94. The van der Waals surface area contributed by atoms with Gasteiger partial charge in [-0.15, -0.1) is 5.10 Å². The van der Waals surface area contributed by atoms with Crippen molar-refractivity contribution in [2.24, 2.45) is 0 Å². The van der Waals surface area contributed by atoms with E-state index in [4.69, 9.17) is 0 Å². The summed E-state index contributed by atoms with van der Waals surface area (Å²) < 4.78 is 1.65. The molecule has 2 aromatic heterocycles. The van der Waals surface area contributed by atoms with E-state index in [0.29, 0.717) is 10.9 Å². The molecule has 2 heterocycles. The average Bonchev–Trinajstić information content (AvgIpc) is 2.85. The van der Waals surface area contributed by atoms with E-state index in [1.807, 2.05) is 40.7 Å². The molecule has 0 aromatic carbocycles. The highest BCUT2D eigenvalue weighted by molar-refractivity contribution is 7.99. The van der Waals surface area contributed by atoms with Gasteiger partial charge in [0.25, 0.3) is 5.78 Å². The second-order valence-electron chi connectivity index (χ2n) is 6.98. The van der Waals surface area contributed by atoms with Crippen LogP contribution in [0.4, 0.5) is 0 Å². The van der Waals surface area contributed by atoms with Gasteiger partial charge in [-0.3, -0.25) is 9.59 Å². The summed E-state index contributed by atoms with van der Waals surface area (Å²) >= 11 is 1.23. The third kappa shape index (κ3) is 5.42. The van der Waals surface area contributed by atoms with E-state index in [9.17, 15) is 9.59 Å². The summed E-state index contributed by atoms with van der Waals surface area (Å²) in [5, 5.41) is 7.67. The number of amides is 2. The van der Waals surface area contributed by atoms with Crippen LogP contribution in [0.5, 0.6) is 0 Å². The van der Waals surface area contributed by atoms with Gasteiger partial charge in [-0.25, -0.2) is 9.50 Å². The number of fused-ring (bicyclic) bond motifs is 1. The van der Waals surface area contributed by atoms with E-state index in [-0.39, 0.29) is 29.7 Å². The summed E-state index contributed by atoms with van der Waals surface area (Å²) in [6.07, 6.45) is 0. The second-order valence-corrected chi connectivity index (χ2v) is 7.92. The number of rotatable bonds is 5. The molecule has 0 aliphatic heterocycles. The maximum Gasteiger partial charge on any atom is 0.253 e. The normalized spacial score (nSPS) is 11.6. The molecule has 0 radical (unpaired) electrons. The molecule has 0 aliphatic rings. The summed E-state index contributed by atoms with van der Waals surface area (Å²) in [7, 11) is 1.61. The predicted octanol–water partition coefficient (Wildman–Crippen LogP) is 1.21. The summed E-state index contributed by atoms with van der Waals surface area (Å²) in [6, 6.07) is 1.92. The van der Waals surface area contributed by atoms with Crippen molar-refractivity contribution in [1.82, 2.24) is 29.8 Å². The maximum absolute atomic E-state index is 12.2. The SMILES string of the molecule is Cc1cc(C)n2nc(SCC(=O)N(C)CC(=O)NC(C)(C)C)nc2n1. The van der Waals surface area contributed by atoms with Crippen LogP contribution in [0.3, 0.4) is 0 Å². The molecule has 25 heavy (non-hydrogen) atoms. The zero-order chi connectivity index (χ0) is 18.8. The molecule has 9 heteroatoms. The predicted molar refractivity (Wildman–Crippen MR) is 96.5 cm³/mol. The van der Waals surface area contributed by atoms with Crippen molar-refractivity contribution < 1.29 is 9.59 Å². The van der Waals surface area contributed by atoms with Gasteiger partial charge in [-0.1, -0.05) is 11.8 Å². The molecule has 1 N–H and O–H groups in total. The topological polar surface area (TPSA) is 92.5 Å². The van der Waals surface area contributed by atoms with Crippen LogP contribution in [-0.4, -0.2) is 61.2 Å². The second kappa shape index (κ2) is 7.38. The Morgan fingerprint density at radius 2 is 1.96 bits per heavy atom. The van der Waals surface area contributed by atoms with Crippen LogP contribution in [0.25, 0.3) is 5.78 Å². The van der Waals surface area contributed by atoms with Gasteiger partial charge in [-0.2, -0.15) is 4.98 Å². The number of likely N-dealkylation sites (N-methyl/N-ethyl adjacent to an activating group) is 1. The number of nitrogens with zero attached hydrogens (tertiary/aromatic N) is 5. The third-order valence-electron chi connectivity index (χ3n) is 3.24. The molecule has 0 spiro atoms. The molecule has 0 fully saturated rings. The number of thioether (sulfide) groups is 1. The Kier molecular flexibility index (Phi) is 5.66. The van der Waals surface area contributed by atoms with Crippen molar-refractivity contribution in [3.05, 3.63) is 17.5 Å². The summed E-state index contributed by atoms with van der Waals surface area (Å²) in [5.74, 6) is 0.336. The van der Waals surface area contributed by atoms with E-state index in [0.717, 1.165) is 11.4 Å². The fourth-order valence-electron chi connectivity index (χ4n) is 2.21. The van der Waals surface area contributed by atoms with E-state index in [2.05, 4.69) is 20.4 Å². The smallest absolute Gasteiger partial charge is 0.253 e. The van der Waals surface area contributed by atoms with E-state index < -0.39 is 0 Å². The number of carbonyl (C=O) groups is 2. The molecule has 0 unspecified atom stereocenters. The Balaban J connectivity index is 1.93. The van der Waals surface area contributed by atoms with Gasteiger partial charge in [0.15, 0.2) is 0 Å². The molecule has 0 atom stereocenters. The fraction of sp³-hybridized carbons (Fsp3) is 0.562. The molecular formula is C16H24N6O2S. The van der Waals surface area contributed by atoms with Gasteiger partial charge >= 0.3 is 0 Å². The van der Waals surface area contributed by atoms with Crippen LogP contribution in [0.1, 0.15) is 32.2 Å². The van der Waals surface area contributed by atoms with Gasteiger partial charge < -0.3 is 10.2 Å². The summed E-state index contributed by atoms with van der Waals surface area (Å²) in [4.78, 5) is 34.1. The molecule has 0 saturated heterocycles. The van der Waals surface area contributed by atoms with Crippen LogP contribution in [0.15, 0.2) is 11.2 Å². The molecule has 2 aromatic rings. The minimum absolute atomic E-state index is 0.0229. The molecule has 2 rings (SSSR count). The maximum atomic E-state index is 12.2. The number of aromatic nitrogens is 4. The number of aryl methyl sites for hydroxylation is 2. The van der Waals surface area contributed by atoms with E-state index in [1.54, 1.807) is 11.6 Å². The first kappa shape index (κ1) is 19.2. The zero-order valence-electron chi connectivity index (χ0n) is 15.5. The van der Waals surface area contributed by atoms with E-state index >= 15 is 0 Å². The Hall–Kier alpha value is -2.16. The van der Waals surface area contributed by atoms with Crippen molar-refractivity contribution in [3.63, 3.8) is 0 Å². The molecule has 2 amide bonds. The number of hydrogen-bond acceptors (Lipinski definition) is 6. The highest BCUT2D eigenvalue weighted by atomic mass is 32.2. The monoisotopic (exact) mass is 364 g/mol. The molecule has 0 bridgehead atoms. The van der Waals surface area contributed by atoms with E-state index in [1.165, 1.54) is 16.7 Å². The summed E-state index contributed by atoms with van der Waals surface area (Å²) in [5.41, 5.74) is 1.48. The Morgan fingerprint density at radius 3 is 2.60 bits per heavy atom. The quantitative estimate of drug-likeness (QED) is 0.802. The highest BCUT2D eigenvalue weighted by Gasteiger charge is 2.18. The van der Waals surface area contributed by atoms with Crippen LogP contribution < -0.4 is 5.32 Å². The van der Waals surface area contributed by atoms with Crippen LogP contribution in [-0.2, 0) is 9.59 Å². The largest absolute Gasteiger partial charge is 0.350 e. The lowest BCUT2D eigenvalue weighted by molar-refractivity contribution is -0.133. The van der Waals surface area contributed by atoms with Gasteiger partial charge in [-0.05, 0) is 40.7 Å². The minimum Gasteiger partial charge on any atom is -0.350 e. The molecule has 0 aliphatic carbocycles. The average molecular weight is 364 g/mol. The van der Waals surface area contributed by atoms with Crippen molar-refractivity contribution in [1.29, 1.82) is 0 Å². The zero-order valence-corrected chi connectivity index (χ0v) is 16.3. The lowest BCUT2D eigenvalue weighted by Crippen LogP contribution is -2.46. The minimum atomic E-state index is -0.320. The van der Waals surface area contributed by atoms with Crippen molar-refractivity contribution >= 4 is 29.4 Å². The lowest BCUT2D eigenvalue weighted by atomic mass is 10.1. The lowest BCUT2D eigenvalue weighted by Gasteiger charge is -2.23. The molecular weight excluding hydrogens is 340 g/mol. The molecule has 8 nitrogen and oxygen atoms in total. The van der Waals surface area contributed by atoms with Crippen LogP contribution in [0.2, 0.25) is 0 Å². The summed E-state index contributed by atoms with van der Waals surface area (Å²) in [6.45, 7) is 9.54. The van der Waals surface area contributed by atoms with Crippen LogP contribution in [0, 0.1) is 13.8 Å². The highest BCUT2D eigenvalue weighted by Crippen LogP contribution is 2.15. The first-order valence-corrected chi connectivity index (χ1v) is 8.92. The standard InChI is InChI=1S/C16H24N6O2S/c1-10-7-11(2)22-14(17-10)18-15(20-22)25-9-13(24)21(6)8-12(23)19-16(3,4)5/h7H,8-9H2,1-6H3,(H,19,23). The third-order valence-corrected chi connectivity index (χ3v) is 4.07. The Morgan fingerprint density at radius 1 is 1.28 bits per heavy atom. The Labute approximate surface area is 151 Å². The van der Waals surface area contributed by atoms with Gasteiger partial charge in [0, 0.05) is 24.0 Å². The number of hydrogen-bond donors (Lipinski definition) is 1. The van der Waals surface area contributed by atoms with Crippen LogP contribution >= 0.6 is 11.8 Å². The van der Waals surface area contributed by atoms with Gasteiger partial charge in [0.05, 0.1) is 12.3 Å². The van der Waals surface area contributed by atoms with Crippen molar-refractivity contribution in [2.45, 2.75) is 45.3 Å². The Bertz CT molecular complexity index is 796. The molecule has 136 valence electrons. The van der Waals surface area contributed by atoms with Crippen molar-refractivity contribution in [2.75, 3.05) is 19.3 Å². The van der Waals surface area contributed by atoms with Crippen molar-refractivity contribution in [3.8, 4) is 0 Å². The number of nitrogens with one attached hydrogen (secondary N) is 1. The fourth-order valence-corrected chi connectivity index (χ4v) is 2.97. The molecule has 0 saturated carbocycles. The van der Waals surface area contributed by atoms with Gasteiger partial charge in [0.2, 0.25) is 17.0 Å². The first-order chi connectivity index (χ1) is 11.5. The van der Waals surface area contributed by atoms with Gasteiger partial charge in [0.1, 0.15) is 0 Å².